The number of anilines is 1. The predicted molar refractivity (Wildman–Crippen MR) is 87.3 cm³/mol. The Labute approximate surface area is 135 Å². The molecular formula is C18H20F2N2O. The highest BCUT2D eigenvalue weighted by molar-refractivity contribution is 5.94. The van der Waals surface area contributed by atoms with Crippen molar-refractivity contribution in [2.24, 2.45) is 0 Å². The molecule has 0 fully saturated rings. The Morgan fingerprint density at radius 1 is 1.04 bits per heavy atom. The smallest absolute Gasteiger partial charge is 0.240 e. The average molecular weight is 318 g/mol. The van der Waals surface area contributed by atoms with Crippen LogP contribution < -0.4 is 4.90 Å². The second kappa shape index (κ2) is 7.33. The first-order chi connectivity index (χ1) is 10.9. The molecule has 3 nitrogen and oxygen atoms in total. The summed E-state index contributed by atoms with van der Waals surface area (Å²) < 4.78 is 26.4. The lowest BCUT2D eigenvalue weighted by Crippen LogP contribution is -2.37. The van der Waals surface area contributed by atoms with Crippen molar-refractivity contribution in [2.75, 3.05) is 25.5 Å². The van der Waals surface area contributed by atoms with E-state index < -0.39 is 11.6 Å². The zero-order valence-electron chi connectivity index (χ0n) is 13.5. The van der Waals surface area contributed by atoms with Crippen LogP contribution in [0.1, 0.15) is 18.5 Å². The summed E-state index contributed by atoms with van der Waals surface area (Å²) in [5, 5.41) is 0. The quantitative estimate of drug-likeness (QED) is 0.840. The van der Waals surface area contributed by atoms with Crippen LogP contribution in [0.3, 0.4) is 0 Å². The molecule has 0 N–H and O–H groups in total. The molecule has 0 radical (unpaired) electrons. The summed E-state index contributed by atoms with van der Waals surface area (Å²) in [6.07, 6.45) is 0. The second-order valence-electron chi connectivity index (χ2n) is 5.55. The monoisotopic (exact) mass is 318 g/mol. The Kier molecular flexibility index (Phi) is 5.45. The zero-order chi connectivity index (χ0) is 17.0. The molecule has 1 unspecified atom stereocenters. The molecule has 1 atom stereocenters. The van der Waals surface area contributed by atoms with Crippen LogP contribution in [0.4, 0.5) is 14.5 Å². The molecule has 0 saturated carbocycles. The second-order valence-corrected chi connectivity index (χ2v) is 5.55. The van der Waals surface area contributed by atoms with Crippen LogP contribution in [0.15, 0.2) is 48.5 Å². The van der Waals surface area contributed by atoms with Gasteiger partial charge in [0.05, 0.1) is 6.54 Å². The van der Waals surface area contributed by atoms with Crippen LogP contribution >= 0.6 is 0 Å². The normalized spacial score (nSPS) is 12.3. The third kappa shape index (κ3) is 4.13. The van der Waals surface area contributed by atoms with Crippen molar-refractivity contribution in [3.63, 3.8) is 0 Å². The molecule has 0 heterocycles. The highest BCUT2D eigenvalue weighted by Gasteiger charge is 2.19. The molecule has 0 aliphatic heterocycles. The van der Waals surface area contributed by atoms with Crippen LogP contribution in [0.25, 0.3) is 0 Å². The third-order valence-corrected chi connectivity index (χ3v) is 3.99. The molecular weight excluding hydrogens is 298 g/mol. The largest absolute Gasteiger partial charge is 0.314 e. The maximum Gasteiger partial charge on any atom is 0.240 e. The summed E-state index contributed by atoms with van der Waals surface area (Å²) in [5.41, 5.74) is 1.44. The van der Waals surface area contributed by atoms with Gasteiger partial charge in [-0.25, -0.2) is 8.78 Å². The molecule has 5 heteroatoms. The number of halogens is 2. The lowest BCUT2D eigenvalue weighted by Gasteiger charge is -2.27. The Hall–Kier alpha value is -2.27. The van der Waals surface area contributed by atoms with E-state index in [1.165, 1.54) is 12.1 Å². The van der Waals surface area contributed by atoms with Crippen LogP contribution in [0.2, 0.25) is 0 Å². The fourth-order valence-corrected chi connectivity index (χ4v) is 2.28. The number of benzene rings is 2. The maximum atomic E-state index is 13.3. The van der Waals surface area contributed by atoms with Crippen LogP contribution in [0, 0.1) is 11.6 Å². The standard InChI is InChI=1S/C18H20F2N2O/c1-13(14-9-10-16(19)17(20)11-14)21(2)12-18(23)22(3)15-7-5-4-6-8-15/h4-11,13H,12H2,1-3H3. The molecule has 1 amide bonds. The Bertz CT molecular complexity index is 676. The van der Waals surface area contributed by atoms with Gasteiger partial charge in [0.2, 0.25) is 5.91 Å². The summed E-state index contributed by atoms with van der Waals surface area (Å²) in [4.78, 5) is 15.7. The van der Waals surface area contributed by atoms with Gasteiger partial charge in [0.1, 0.15) is 0 Å². The molecule has 0 bridgehead atoms. The van der Waals surface area contributed by atoms with Crippen LogP contribution in [-0.4, -0.2) is 31.4 Å². The van der Waals surface area contributed by atoms with Crippen molar-refractivity contribution >= 4 is 11.6 Å². The molecule has 2 aromatic carbocycles. The van der Waals surface area contributed by atoms with E-state index >= 15 is 0 Å². The Morgan fingerprint density at radius 2 is 1.70 bits per heavy atom. The van der Waals surface area contributed by atoms with Gasteiger partial charge >= 0.3 is 0 Å². The van der Waals surface area contributed by atoms with E-state index in [4.69, 9.17) is 0 Å². The van der Waals surface area contributed by atoms with Gasteiger partial charge in [-0.05, 0) is 43.8 Å². The third-order valence-electron chi connectivity index (χ3n) is 3.99. The first-order valence-electron chi connectivity index (χ1n) is 7.37. The predicted octanol–water partition coefficient (Wildman–Crippen LogP) is 3.62. The van der Waals surface area contributed by atoms with Gasteiger partial charge in [-0.2, -0.15) is 0 Å². The molecule has 0 spiro atoms. The molecule has 2 rings (SSSR count). The number of likely N-dealkylation sites (N-methyl/N-ethyl adjacent to an activating group) is 2. The summed E-state index contributed by atoms with van der Waals surface area (Å²) in [6, 6.07) is 12.9. The molecule has 122 valence electrons. The molecule has 0 aliphatic carbocycles. The summed E-state index contributed by atoms with van der Waals surface area (Å²) >= 11 is 0. The van der Waals surface area contributed by atoms with E-state index in [0.29, 0.717) is 5.56 Å². The molecule has 23 heavy (non-hydrogen) atoms. The van der Waals surface area contributed by atoms with Crippen LogP contribution in [-0.2, 0) is 4.79 Å². The van der Waals surface area contributed by atoms with E-state index in [9.17, 15) is 13.6 Å². The van der Waals surface area contributed by atoms with Crippen molar-refractivity contribution < 1.29 is 13.6 Å². The molecule has 0 saturated heterocycles. The van der Waals surface area contributed by atoms with E-state index in [0.717, 1.165) is 11.8 Å². The van der Waals surface area contributed by atoms with Gasteiger partial charge in [0.15, 0.2) is 11.6 Å². The van der Waals surface area contributed by atoms with E-state index in [1.807, 2.05) is 37.3 Å². The number of para-hydroxylation sites is 1. The number of rotatable bonds is 5. The lowest BCUT2D eigenvalue weighted by molar-refractivity contribution is -0.119. The van der Waals surface area contributed by atoms with Crippen molar-refractivity contribution in [1.82, 2.24) is 4.90 Å². The summed E-state index contributed by atoms with van der Waals surface area (Å²) in [6.45, 7) is 2.02. The first kappa shape index (κ1) is 17.1. The number of hydrogen-bond acceptors (Lipinski definition) is 2. The number of carbonyl (C=O) groups excluding carboxylic acids is 1. The SMILES string of the molecule is CC(c1ccc(F)c(F)c1)N(C)CC(=O)N(C)c1ccccc1. The van der Waals surface area contributed by atoms with E-state index in [-0.39, 0.29) is 18.5 Å². The minimum Gasteiger partial charge on any atom is -0.314 e. The van der Waals surface area contributed by atoms with Crippen molar-refractivity contribution in [3.05, 3.63) is 65.7 Å². The van der Waals surface area contributed by atoms with Gasteiger partial charge in [0.25, 0.3) is 0 Å². The summed E-state index contributed by atoms with van der Waals surface area (Å²) in [5.74, 6) is -1.83. The highest BCUT2D eigenvalue weighted by Crippen LogP contribution is 2.21. The minimum absolute atomic E-state index is 0.0758. The Morgan fingerprint density at radius 3 is 2.30 bits per heavy atom. The maximum absolute atomic E-state index is 13.3. The fraction of sp³-hybridized carbons (Fsp3) is 0.278. The topological polar surface area (TPSA) is 23.6 Å². The van der Waals surface area contributed by atoms with Crippen molar-refractivity contribution in [2.45, 2.75) is 13.0 Å². The number of carbonyl (C=O) groups is 1. The van der Waals surface area contributed by atoms with E-state index in [1.54, 1.807) is 23.9 Å². The van der Waals surface area contributed by atoms with Gasteiger partial charge < -0.3 is 4.90 Å². The van der Waals surface area contributed by atoms with Crippen molar-refractivity contribution in [3.8, 4) is 0 Å². The molecule has 2 aromatic rings. The zero-order valence-corrected chi connectivity index (χ0v) is 13.5. The fourth-order valence-electron chi connectivity index (χ4n) is 2.28. The molecule has 0 aromatic heterocycles. The van der Waals surface area contributed by atoms with Gasteiger partial charge in [-0.3, -0.25) is 9.69 Å². The minimum atomic E-state index is -0.879. The Balaban J connectivity index is 2.04. The lowest BCUT2D eigenvalue weighted by atomic mass is 10.1. The van der Waals surface area contributed by atoms with Crippen LogP contribution in [0.5, 0.6) is 0 Å². The van der Waals surface area contributed by atoms with Gasteiger partial charge in [-0.1, -0.05) is 24.3 Å². The highest BCUT2D eigenvalue weighted by atomic mass is 19.2. The molecule has 0 aliphatic rings. The number of hydrogen-bond donors (Lipinski definition) is 0. The number of nitrogens with zero attached hydrogens (tertiary/aromatic N) is 2. The van der Waals surface area contributed by atoms with Crippen molar-refractivity contribution in [1.29, 1.82) is 0 Å². The van der Waals surface area contributed by atoms with E-state index in [2.05, 4.69) is 0 Å². The average Bonchev–Trinajstić information content (AvgIpc) is 2.56. The summed E-state index contributed by atoms with van der Waals surface area (Å²) in [7, 11) is 3.50. The van der Waals surface area contributed by atoms with Gasteiger partial charge in [0, 0.05) is 18.8 Å². The number of amides is 1. The van der Waals surface area contributed by atoms with Gasteiger partial charge in [-0.15, -0.1) is 0 Å². The first-order valence-corrected chi connectivity index (χ1v) is 7.37.